The molecular weight excluding hydrogens is 296 g/mol. The Labute approximate surface area is 121 Å². The zero-order valence-electron chi connectivity index (χ0n) is 10.9. The van der Waals surface area contributed by atoms with Gasteiger partial charge in [-0.3, -0.25) is 4.72 Å². The molecule has 0 bridgehead atoms. The summed E-state index contributed by atoms with van der Waals surface area (Å²) in [5.74, 6) is 0.622. The summed E-state index contributed by atoms with van der Waals surface area (Å²) in [5.41, 5.74) is 1.02. The molecule has 20 heavy (non-hydrogen) atoms. The molecule has 2 N–H and O–H groups in total. The highest BCUT2D eigenvalue weighted by Gasteiger charge is 2.21. The van der Waals surface area contributed by atoms with Crippen LogP contribution in [0.4, 0.5) is 10.9 Å². The predicted molar refractivity (Wildman–Crippen MR) is 78.7 cm³/mol. The molecular formula is C12H14N4O2S2. The summed E-state index contributed by atoms with van der Waals surface area (Å²) in [6.45, 7) is 0. The van der Waals surface area contributed by atoms with E-state index in [1.165, 1.54) is 28.5 Å². The van der Waals surface area contributed by atoms with Crippen molar-refractivity contribution in [1.82, 2.24) is 9.97 Å². The zero-order valence-corrected chi connectivity index (χ0v) is 12.5. The number of aryl methyl sites for hydroxylation is 2. The Bertz CT molecular complexity index is 701. The van der Waals surface area contributed by atoms with Gasteiger partial charge in [0.1, 0.15) is 10.7 Å². The molecule has 1 aliphatic rings. The standard InChI is InChI=1S/C12H14N4O2S2/c1-13-11-6-5-8(7-14-11)20(17,18)16-12-15-9-3-2-4-10(9)19-12/h5-7H,2-4H2,1H3,(H,13,14)(H,15,16). The van der Waals surface area contributed by atoms with Crippen molar-refractivity contribution in [2.75, 3.05) is 17.1 Å². The molecule has 2 heterocycles. The molecule has 0 saturated heterocycles. The highest BCUT2D eigenvalue weighted by atomic mass is 32.2. The molecule has 0 aromatic carbocycles. The van der Waals surface area contributed by atoms with Gasteiger partial charge in [0.2, 0.25) is 0 Å². The van der Waals surface area contributed by atoms with Crippen LogP contribution in [0.3, 0.4) is 0 Å². The summed E-state index contributed by atoms with van der Waals surface area (Å²) >= 11 is 1.42. The molecule has 6 nitrogen and oxygen atoms in total. The quantitative estimate of drug-likeness (QED) is 0.900. The number of aromatic nitrogens is 2. The molecule has 0 radical (unpaired) electrons. The van der Waals surface area contributed by atoms with Gasteiger partial charge in [-0.15, -0.1) is 11.3 Å². The average molecular weight is 310 g/mol. The number of fused-ring (bicyclic) bond motifs is 1. The van der Waals surface area contributed by atoms with Crippen LogP contribution in [0, 0.1) is 0 Å². The minimum absolute atomic E-state index is 0.131. The lowest BCUT2D eigenvalue weighted by atomic mass is 10.4. The maximum atomic E-state index is 12.2. The van der Waals surface area contributed by atoms with Crippen LogP contribution in [0.25, 0.3) is 0 Å². The van der Waals surface area contributed by atoms with Crippen molar-refractivity contribution < 1.29 is 8.42 Å². The van der Waals surface area contributed by atoms with Crippen molar-refractivity contribution in [3.8, 4) is 0 Å². The number of pyridine rings is 1. The summed E-state index contributed by atoms with van der Waals surface area (Å²) in [6.07, 6.45) is 4.37. The molecule has 1 aliphatic carbocycles. The van der Waals surface area contributed by atoms with E-state index in [-0.39, 0.29) is 4.90 Å². The average Bonchev–Trinajstić information content (AvgIpc) is 2.99. The number of nitrogens with zero attached hydrogens (tertiary/aromatic N) is 2. The van der Waals surface area contributed by atoms with E-state index in [0.717, 1.165) is 25.0 Å². The van der Waals surface area contributed by atoms with Gasteiger partial charge in [-0.2, -0.15) is 0 Å². The number of hydrogen-bond donors (Lipinski definition) is 2. The van der Waals surface area contributed by atoms with Crippen LogP contribution in [0.2, 0.25) is 0 Å². The first kappa shape index (κ1) is 13.3. The number of anilines is 2. The Kier molecular flexibility index (Phi) is 3.35. The van der Waals surface area contributed by atoms with Crippen LogP contribution in [0.15, 0.2) is 23.2 Å². The normalized spacial score (nSPS) is 14.1. The monoisotopic (exact) mass is 310 g/mol. The summed E-state index contributed by atoms with van der Waals surface area (Å²) < 4.78 is 27.0. The second-order valence-corrected chi connectivity index (χ2v) is 7.24. The predicted octanol–water partition coefficient (Wildman–Crippen LogP) is 1.87. The smallest absolute Gasteiger partial charge is 0.265 e. The van der Waals surface area contributed by atoms with Gasteiger partial charge in [-0.05, 0) is 31.4 Å². The van der Waals surface area contributed by atoms with Crippen LogP contribution in [-0.2, 0) is 22.9 Å². The lowest BCUT2D eigenvalue weighted by Crippen LogP contribution is -2.13. The largest absolute Gasteiger partial charge is 0.373 e. The molecule has 2 aromatic rings. The van der Waals surface area contributed by atoms with Crippen molar-refractivity contribution >= 4 is 32.3 Å². The number of sulfonamides is 1. The Morgan fingerprint density at radius 3 is 2.80 bits per heavy atom. The number of hydrogen-bond acceptors (Lipinski definition) is 6. The van der Waals surface area contributed by atoms with E-state index in [4.69, 9.17) is 0 Å². The third-order valence-corrected chi connectivity index (χ3v) is 5.65. The van der Waals surface area contributed by atoms with Crippen molar-refractivity contribution in [3.63, 3.8) is 0 Å². The highest BCUT2D eigenvalue weighted by Crippen LogP contribution is 2.31. The molecule has 0 unspecified atom stereocenters. The van der Waals surface area contributed by atoms with E-state index in [2.05, 4.69) is 20.0 Å². The van der Waals surface area contributed by atoms with Crippen molar-refractivity contribution in [3.05, 3.63) is 28.9 Å². The highest BCUT2D eigenvalue weighted by molar-refractivity contribution is 7.93. The van der Waals surface area contributed by atoms with Crippen LogP contribution in [0.5, 0.6) is 0 Å². The third-order valence-electron chi connectivity index (χ3n) is 3.12. The van der Waals surface area contributed by atoms with E-state index in [1.54, 1.807) is 13.1 Å². The molecule has 3 rings (SSSR count). The summed E-state index contributed by atoms with van der Waals surface area (Å²) in [5, 5.41) is 3.28. The molecule has 2 aromatic heterocycles. The summed E-state index contributed by atoms with van der Waals surface area (Å²) in [7, 11) is -1.89. The zero-order chi connectivity index (χ0) is 14.2. The van der Waals surface area contributed by atoms with Gasteiger partial charge < -0.3 is 5.32 Å². The van der Waals surface area contributed by atoms with Crippen LogP contribution >= 0.6 is 11.3 Å². The van der Waals surface area contributed by atoms with Gasteiger partial charge in [-0.25, -0.2) is 18.4 Å². The van der Waals surface area contributed by atoms with Gasteiger partial charge >= 0.3 is 0 Å². The molecule has 0 fully saturated rings. The Hall–Kier alpha value is -1.67. The first-order valence-electron chi connectivity index (χ1n) is 6.24. The molecule has 106 valence electrons. The second kappa shape index (κ2) is 5.02. The SMILES string of the molecule is CNc1ccc(S(=O)(=O)Nc2nc3c(s2)CCC3)cn1. The van der Waals surface area contributed by atoms with Gasteiger partial charge in [0, 0.05) is 18.1 Å². The molecule has 0 amide bonds. The van der Waals surface area contributed by atoms with Crippen LogP contribution < -0.4 is 10.0 Å². The minimum Gasteiger partial charge on any atom is -0.373 e. The maximum Gasteiger partial charge on any atom is 0.265 e. The Morgan fingerprint density at radius 1 is 1.30 bits per heavy atom. The molecule has 0 aliphatic heterocycles. The fourth-order valence-corrected chi connectivity index (χ4v) is 4.32. The first-order valence-corrected chi connectivity index (χ1v) is 8.53. The third kappa shape index (κ3) is 2.48. The van der Waals surface area contributed by atoms with E-state index < -0.39 is 10.0 Å². The van der Waals surface area contributed by atoms with E-state index >= 15 is 0 Å². The second-order valence-electron chi connectivity index (χ2n) is 4.48. The minimum atomic E-state index is -3.62. The topological polar surface area (TPSA) is 84.0 Å². The van der Waals surface area contributed by atoms with Crippen molar-refractivity contribution in [2.24, 2.45) is 0 Å². The number of thiazole rings is 1. The molecule has 8 heteroatoms. The summed E-state index contributed by atoms with van der Waals surface area (Å²) in [6, 6.07) is 3.14. The Balaban J connectivity index is 1.83. The maximum absolute atomic E-state index is 12.2. The van der Waals surface area contributed by atoms with Gasteiger partial charge in [0.25, 0.3) is 10.0 Å². The van der Waals surface area contributed by atoms with E-state index in [1.807, 2.05) is 0 Å². The van der Waals surface area contributed by atoms with Gasteiger partial charge in [0.05, 0.1) is 5.69 Å². The lowest BCUT2D eigenvalue weighted by Gasteiger charge is -2.05. The molecule has 0 saturated carbocycles. The molecule has 0 atom stereocenters. The fraction of sp³-hybridized carbons (Fsp3) is 0.333. The van der Waals surface area contributed by atoms with E-state index in [0.29, 0.717) is 10.9 Å². The van der Waals surface area contributed by atoms with Crippen LogP contribution in [0.1, 0.15) is 17.0 Å². The number of rotatable bonds is 4. The number of nitrogens with one attached hydrogen (secondary N) is 2. The van der Waals surface area contributed by atoms with Crippen molar-refractivity contribution in [1.29, 1.82) is 0 Å². The Morgan fingerprint density at radius 2 is 2.15 bits per heavy atom. The fourth-order valence-electron chi connectivity index (χ4n) is 2.10. The van der Waals surface area contributed by atoms with Gasteiger partial charge in [0.15, 0.2) is 5.13 Å². The van der Waals surface area contributed by atoms with Crippen LogP contribution in [-0.4, -0.2) is 25.4 Å². The van der Waals surface area contributed by atoms with Crippen molar-refractivity contribution in [2.45, 2.75) is 24.2 Å². The molecule has 0 spiro atoms. The first-order chi connectivity index (χ1) is 9.58. The van der Waals surface area contributed by atoms with Gasteiger partial charge in [-0.1, -0.05) is 0 Å². The van der Waals surface area contributed by atoms with E-state index in [9.17, 15) is 8.42 Å². The lowest BCUT2D eigenvalue weighted by molar-refractivity contribution is 0.601. The summed E-state index contributed by atoms with van der Waals surface area (Å²) in [4.78, 5) is 9.66.